The van der Waals surface area contributed by atoms with Crippen molar-refractivity contribution in [2.45, 2.75) is 0 Å². The first kappa shape index (κ1) is 34.0. The molecular formula is H2Cr2O7. The van der Waals surface area contributed by atoms with E-state index in [0.717, 1.165) is 0 Å². The quantitative estimate of drug-likeness (QED) is 0.495. The SMILES string of the molecule is [Cr+6].[O-2].[O-2].[O-2].[O]=[Cr](=[O])([OH])[OH]. The van der Waals surface area contributed by atoms with Crippen LogP contribution in [0.25, 0.3) is 0 Å². The molecule has 0 fully saturated rings. The van der Waals surface area contributed by atoms with Crippen molar-refractivity contribution < 1.29 is 63.3 Å². The summed E-state index contributed by atoms with van der Waals surface area (Å²) >= 11 is -5.25. The molecule has 0 amide bonds. The third-order valence-corrected chi connectivity index (χ3v) is 0. The van der Waals surface area contributed by atoms with Gasteiger partial charge in [-0.05, 0) is 0 Å². The summed E-state index contributed by atoms with van der Waals surface area (Å²) in [6.45, 7) is 0. The van der Waals surface area contributed by atoms with Gasteiger partial charge >= 0.3 is 46.9 Å². The van der Waals surface area contributed by atoms with Gasteiger partial charge in [-0.15, -0.1) is 0 Å². The fourth-order valence-corrected chi connectivity index (χ4v) is 0. The van der Waals surface area contributed by atoms with E-state index >= 15 is 0 Å². The normalized spacial score (nSPS) is 6.44. The van der Waals surface area contributed by atoms with Crippen LogP contribution in [0, 0.1) is 0 Å². The third kappa shape index (κ3) is 1640. The van der Waals surface area contributed by atoms with Crippen LogP contribution >= 0.6 is 0 Å². The number of hydrogen-bond donors (Lipinski definition) is 2. The molecule has 2 N–H and O–H groups in total. The Bertz CT molecular complexity index is 90.1. The Morgan fingerprint density at radius 1 is 0.889 bits per heavy atom. The van der Waals surface area contributed by atoms with Crippen LogP contribution in [-0.2, 0) is 55.0 Å². The molecule has 0 aliphatic rings. The Morgan fingerprint density at radius 2 is 0.889 bits per heavy atom. The maximum absolute atomic E-state index is 8.82. The van der Waals surface area contributed by atoms with E-state index in [0.29, 0.717) is 0 Å². The first-order valence-electron chi connectivity index (χ1n) is 0.698. The molecule has 0 aliphatic carbocycles. The van der Waals surface area contributed by atoms with Gasteiger partial charge in [0.25, 0.3) is 0 Å². The second-order valence-corrected chi connectivity index (χ2v) is 1.85. The molecule has 9 heavy (non-hydrogen) atoms. The van der Waals surface area contributed by atoms with Crippen LogP contribution in [0.1, 0.15) is 0 Å². The van der Waals surface area contributed by atoms with Crippen molar-refractivity contribution in [3.8, 4) is 0 Å². The van der Waals surface area contributed by atoms with Gasteiger partial charge in [-0.2, -0.15) is 0 Å². The molecule has 0 atom stereocenters. The average molecular weight is 218 g/mol. The Labute approximate surface area is 63.8 Å². The monoisotopic (exact) mass is 218 g/mol. The summed E-state index contributed by atoms with van der Waals surface area (Å²) in [7, 11) is 0. The fraction of sp³-hybridized carbons (Fsp3) is 0. The standard InChI is InChI=1S/2Cr.2H2O.5O/h;;2*1H2;;;;;/q+2;+6;;;;;3*-2/p-2. The molecule has 56 valence electrons. The van der Waals surface area contributed by atoms with Gasteiger partial charge in [-0.3, -0.25) is 0 Å². The van der Waals surface area contributed by atoms with Crippen molar-refractivity contribution in [3.05, 3.63) is 0 Å². The second-order valence-electron chi connectivity index (χ2n) is 0.448. The fourth-order valence-electron chi connectivity index (χ4n) is 0. The molecule has 0 bridgehead atoms. The zero-order valence-electron chi connectivity index (χ0n) is 3.75. The van der Waals surface area contributed by atoms with Gasteiger partial charge in [0.2, 0.25) is 0 Å². The molecule has 9 heteroatoms. The van der Waals surface area contributed by atoms with Crippen molar-refractivity contribution in [1.29, 1.82) is 0 Å². The van der Waals surface area contributed by atoms with Crippen LogP contribution < -0.4 is 0 Å². The number of rotatable bonds is 0. The minimum absolute atomic E-state index is 0. The first-order chi connectivity index (χ1) is 2.00. The summed E-state index contributed by atoms with van der Waals surface area (Å²) in [5.41, 5.74) is 0. The molecular weight excluding hydrogens is 216 g/mol. The van der Waals surface area contributed by atoms with Crippen LogP contribution in [0.4, 0.5) is 0 Å². The van der Waals surface area contributed by atoms with Gasteiger partial charge in [0.05, 0.1) is 0 Å². The Morgan fingerprint density at radius 3 is 0.889 bits per heavy atom. The van der Waals surface area contributed by atoms with Crippen LogP contribution in [0.5, 0.6) is 0 Å². The summed E-state index contributed by atoms with van der Waals surface area (Å²) in [4.78, 5) is 0. The van der Waals surface area contributed by atoms with E-state index in [4.69, 9.17) is 15.9 Å². The molecule has 0 aromatic heterocycles. The minimum atomic E-state index is -5.25. The molecule has 0 spiro atoms. The molecule has 0 aromatic carbocycles. The van der Waals surface area contributed by atoms with Gasteiger partial charge in [0.15, 0.2) is 0 Å². The van der Waals surface area contributed by atoms with E-state index in [1.807, 2.05) is 0 Å². The summed E-state index contributed by atoms with van der Waals surface area (Å²) in [5, 5.41) is 0. The van der Waals surface area contributed by atoms with Crippen molar-refractivity contribution in [1.82, 2.24) is 0 Å². The van der Waals surface area contributed by atoms with Crippen molar-refractivity contribution >= 4 is 0 Å². The average Bonchev–Trinajstić information content (AvgIpc) is 0.722. The summed E-state index contributed by atoms with van der Waals surface area (Å²) in [5.74, 6) is 0. The summed E-state index contributed by atoms with van der Waals surface area (Å²) < 4.78 is 31.9. The third-order valence-electron chi connectivity index (χ3n) is 0. The molecule has 0 aliphatic heterocycles. The van der Waals surface area contributed by atoms with E-state index < -0.39 is 13.6 Å². The van der Waals surface area contributed by atoms with Crippen molar-refractivity contribution in [2.75, 3.05) is 0 Å². The van der Waals surface area contributed by atoms with E-state index in [-0.39, 0.29) is 33.8 Å². The van der Waals surface area contributed by atoms with Gasteiger partial charge in [-0.25, -0.2) is 0 Å². The molecule has 0 radical (unpaired) electrons. The number of hydrogen-bond acceptors (Lipinski definition) is 2. The zero-order valence-corrected chi connectivity index (χ0v) is 6.30. The van der Waals surface area contributed by atoms with Crippen molar-refractivity contribution in [3.63, 3.8) is 0 Å². The van der Waals surface area contributed by atoms with Crippen LogP contribution in [0.3, 0.4) is 0 Å². The van der Waals surface area contributed by atoms with Gasteiger partial charge in [0.1, 0.15) is 0 Å². The molecule has 0 saturated heterocycles. The van der Waals surface area contributed by atoms with Gasteiger partial charge in [0, 0.05) is 0 Å². The molecule has 0 unspecified atom stereocenters. The van der Waals surface area contributed by atoms with E-state index in [1.165, 1.54) is 0 Å². The van der Waals surface area contributed by atoms with E-state index in [9.17, 15) is 0 Å². The van der Waals surface area contributed by atoms with Crippen molar-refractivity contribution in [2.24, 2.45) is 0 Å². The van der Waals surface area contributed by atoms with E-state index in [1.54, 1.807) is 0 Å². The zero-order chi connectivity index (χ0) is 4.50. The van der Waals surface area contributed by atoms with Crippen LogP contribution in [-0.4, -0.2) is 8.32 Å². The molecule has 7 nitrogen and oxygen atoms in total. The molecule has 0 heterocycles. The summed E-state index contributed by atoms with van der Waals surface area (Å²) in [6, 6.07) is 0. The van der Waals surface area contributed by atoms with Crippen LogP contribution in [0.2, 0.25) is 0 Å². The molecule has 0 saturated carbocycles. The Kier molecular flexibility index (Phi) is 42.7. The van der Waals surface area contributed by atoms with Crippen LogP contribution in [0.15, 0.2) is 0 Å². The molecule has 0 rings (SSSR count). The molecule has 0 aromatic rings. The first-order valence-corrected chi connectivity index (χ1v) is 2.88. The predicted molar refractivity (Wildman–Crippen MR) is 7.87 cm³/mol. The second kappa shape index (κ2) is 11.3. The van der Waals surface area contributed by atoms with Gasteiger partial charge < -0.3 is 16.4 Å². The summed E-state index contributed by atoms with van der Waals surface area (Å²) in [6.07, 6.45) is 0. The Balaban J connectivity index is -0.0000000133. The topological polar surface area (TPSA) is 160 Å². The van der Waals surface area contributed by atoms with Gasteiger partial charge in [-0.1, -0.05) is 0 Å². The predicted octanol–water partition coefficient (Wildman–Crippen LogP) is -1.71. The van der Waals surface area contributed by atoms with E-state index in [2.05, 4.69) is 0 Å². The maximum atomic E-state index is 8.82. The Hall–Kier alpha value is 0.465.